The van der Waals surface area contributed by atoms with Crippen LogP contribution in [0.15, 0.2) is 43.0 Å². The number of aliphatic carboxylic acids is 1. The zero-order valence-corrected chi connectivity index (χ0v) is 23.9. The number of H-pyrrole nitrogens is 2. The molecule has 3 aromatic rings. The molecule has 6 unspecified atom stereocenters. The standard InChI is InChI=1S/C29H41N7O5/c1-5-16(3)24(27(38)34-23(29(40)41)12-19-14-31-15-33-19)36-28(39)25(17(4)6-2)35-26(37)21(30)11-18-13-32-22-10-8-7-9-20(18)22/h7-10,13-17,21,23-25,32H,5-6,11-12,30H2,1-4H3,(H,31,33)(H,34,38)(H,35,37)(H,36,39)(H,40,41). The Labute approximate surface area is 239 Å². The number of nitrogens with one attached hydrogen (secondary N) is 5. The van der Waals surface area contributed by atoms with Crippen LogP contribution in [0.2, 0.25) is 0 Å². The molecule has 2 heterocycles. The van der Waals surface area contributed by atoms with Crippen LogP contribution in [0.3, 0.4) is 0 Å². The molecule has 1 aromatic carbocycles. The Hall–Kier alpha value is -4.19. The van der Waals surface area contributed by atoms with Crippen molar-refractivity contribution in [2.75, 3.05) is 0 Å². The highest BCUT2D eigenvalue weighted by Gasteiger charge is 2.34. The van der Waals surface area contributed by atoms with Crippen LogP contribution in [0.5, 0.6) is 0 Å². The van der Waals surface area contributed by atoms with E-state index in [1.54, 1.807) is 6.92 Å². The number of nitrogens with zero attached hydrogens (tertiary/aromatic N) is 1. The number of nitrogens with two attached hydrogens (primary N) is 1. The van der Waals surface area contributed by atoms with Gasteiger partial charge >= 0.3 is 5.97 Å². The maximum atomic E-state index is 13.5. The normalized spacial score (nSPS) is 15.7. The molecule has 2 aromatic heterocycles. The molecule has 41 heavy (non-hydrogen) atoms. The van der Waals surface area contributed by atoms with Crippen molar-refractivity contribution < 1.29 is 24.3 Å². The SMILES string of the molecule is CCC(C)C(NC(=O)C(N)Cc1c[nH]c2ccccc12)C(=O)NC(C(=O)NC(Cc1cnc[nH]1)C(=O)O)C(C)CC. The molecule has 0 spiro atoms. The minimum atomic E-state index is -1.22. The number of amides is 3. The van der Waals surface area contributed by atoms with Gasteiger partial charge in [-0.3, -0.25) is 14.4 Å². The molecule has 0 fully saturated rings. The van der Waals surface area contributed by atoms with Gasteiger partial charge in [0.15, 0.2) is 0 Å². The number of rotatable bonds is 15. The summed E-state index contributed by atoms with van der Waals surface area (Å²) in [5.41, 5.74) is 8.64. The molecule has 0 radical (unpaired) electrons. The van der Waals surface area contributed by atoms with Crippen molar-refractivity contribution >= 4 is 34.6 Å². The van der Waals surface area contributed by atoms with Crippen LogP contribution in [0.25, 0.3) is 10.9 Å². The number of aromatic amines is 2. The molecule has 0 saturated carbocycles. The molecule has 12 nitrogen and oxygen atoms in total. The number of carboxylic acids is 1. The van der Waals surface area contributed by atoms with Crippen LogP contribution in [0.4, 0.5) is 0 Å². The summed E-state index contributed by atoms with van der Waals surface area (Å²) in [6.45, 7) is 7.39. The Morgan fingerprint density at radius 3 is 2.10 bits per heavy atom. The van der Waals surface area contributed by atoms with Gasteiger partial charge in [0.25, 0.3) is 0 Å². The van der Waals surface area contributed by atoms with E-state index in [9.17, 15) is 24.3 Å². The summed E-state index contributed by atoms with van der Waals surface area (Å²) in [4.78, 5) is 61.7. The number of carboxylic acid groups (broad SMARTS) is 1. The molecule has 0 bridgehead atoms. The number of hydrogen-bond acceptors (Lipinski definition) is 6. The second-order valence-corrected chi connectivity index (χ2v) is 10.6. The summed E-state index contributed by atoms with van der Waals surface area (Å²) in [5.74, 6) is -3.41. The smallest absolute Gasteiger partial charge is 0.326 e. The second-order valence-electron chi connectivity index (χ2n) is 10.6. The van der Waals surface area contributed by atoms with E-state index in [1.807, 2.05) is 51.2 Å². The fourth-order valence-electron chi connectivity index (χ4n) is 4.62. The Balaban J connectivity index is 1.71. The van der Waals surface area contributed by atoms with E-state index in [4.69, 9.17) is 5.73 Å². The Bertz CT molecular complexity index is 1320. The molecule has 0 saturated heterocycles. The summed E-state index contributed by atoms with van der Waals surface area (Å²) >= 11 is 0. The molecule has 0 aliphatic heterocycles. The third-order valence-corrected chi connectivity index (χ3v) is 7.63. The fourth-order valence-corrected chi connectivity index (χ4v) is 4.62. The van der Waals surface area contributed by atoms with Crippen LogP contribution in [-0.2, 0) is 32.0 Å². The van der Waals surface area contributed by atoms with E-state index in [1.165, 1.54) is 12.5 Å². The Morgan fingerprint density at radius 2 is 1.51 bits per heavy atom. The molecular weight excluding hydrogens is 526 g/mol. The average molecular weight is 568 g/mol. The van der Waals surface area contributed by atoms with E-state index in [2.05, 4.69) is 30.9 Å². The fraction of sp³-hybridized carbons (Fsp3) is 0.483. The minimum Gasteiger partial charge on any atom is -0.480 e. The molecule has 222 valence electrons. The van der Waals surface area contributed by atoms with Gasteiger partial charge in [-0.2, -0.15) is 0 Å². The van der Waals surface area contributed by atoms with E-state index in [0.717, 1.165) is 16.5 Å². The largest absolute Gasteiger partial charge is 0.480 e. The number of benzene rings is 1. The molecule has 0 aliphatic rings. The van der Waals surface area contributed by atoms with Crippen molar-refractivity contribution in [2.45, 2.75) is 77.5 Å². The molecule has 6 atom stereocenters. The van der Waals surface area contributed by atoms with Crippen molar-refractivity contribution in [3.63, 3.8) is 0 Å². The van der Waals surface area contributed by atoms with Crippen LogP contribution in [0.1, 0.15) is 51.8 Å². The average Bonchev–Trinajstić information content (AvgIpc) is 3.63. The summed E-state index contributed by atoms with van der Waals surface area (Å²) < 4.78 is 0. The minimum absolute atomic E-state index is 0.00210. The number of imidazole rings is 1. The Kier molecular flexibility index (Phi) is 11.0. The van der Waals surface area contributed by atoms with Gasteiger partial charge in [-0.25, -0.2) is 9.78 Å². The lowest BCUT2D eigenvalue weighted by Gasteiger charge is -2.30. The second kappa shape index (κ2) is 14.4. The first-order valence-electron chi connectivity index (χ1n) is 14.0. The number of carbonyl (C=O) groups is 4. The zero-order chi connectivity index (χ0) is 30.1. The number of fused-ring (bicyclic) bond motifs is 1. The maximum absolute atomic E-state index is 13.5. The Morgan fingerprint density at radius 1 is 0.902 bits per heavy atom. The molecule has 3 amide bonds. The number of para-hydroxylation sites is 1. The predicted molar refractivity (Wildman–Crippen MR) is 155 cm³/mol. The first-order chi connectivity index (χ1) is 19.5. The van der Waals surface area contributed by atoms with Gasteiger partial charge in [0.05, 0.1) is 12.4 Å². The van der Waals surface area contributed by atoms with Gasteiger partial charge in [0.1, 0.15) is 18.1 Å². The summed E-state index contributed by atoms with van der Waals surface area (Å²) in [6, 6.07) is 3.63. The van der Waals surface area contributed by atoms with Gasteiger partial charge in [-0.15, -0.1) is 0 Å². The third kappa shape index (κ3) is 8.16. The molecule has 0 aliphatic carbocycles. The highest BCUT2D eigenvalue weighted by atomic mass is 16.4. The topological polar surface area (TPSA) is 195 Å². The van der Waals surface area contributed by atoms with Crippen LogP contribution in [-0.4, -0.2) is 67.9 Å². The number of aromatic nitrogens is 3. The third-order valence-electron chi connectivity index (χ3n) is 7.63. The van der Waals surface area contributed by atoms with Gasteiger partial charge in [-0.1, -0.05) is 58.7 Å². The highest BCUT2D eigenvalue weighted by Crippen LogP contribution is 2.19. The van der Waals surface area contributed by atoms with Crippen LogP contribution >= 0.6 is 0 Å². The van der Waals surface area contributed by atoms with Gasteiger partial charge in [0, 0.05) is 35.4 Å². The molecule has 12 heteroatoms. The van der Waals surface area contributed by atoms with Gasteiger partial charge < -0.3 is 36.8 Å². The van der Waals surface area contributed by atoms with E-state index in [0.29, 0.717) is 18.5 Å². The van der Waals surface area contributed by atoms with E-state index in [-0.39, 0.29) is 24.7 Å². The van der Waals surface area contributed by atoms with Crippen LogP contribution in [0, 0.1) is 11.8 Å². The molecule has 8 N–H and O–H groups in total. The lowest BCUT2D eigenvalue weighted by Crippen LogP contribution is -2.60. The van der Waals surface area contributed by atoms with Gasteiger partial charge in [-0.05, 0) is 29.9 Å². The van der Waals surface area contributed by atoms with Crippen molar-refractivity contribution in [1.29, 1.82) is 0 Å². The highest BCUT2D eigenvalue weighted by molar-refractivity contribution is 5.94. The summed E-state index contributed by atoms with van der Waals surface area (Å²) in [7, 11) is 0. The number of carbonyl (C=O) groups excluding carboxylic acids is 3. The summed E-state index contributed by atoms with van der Waals surface area (Å²) in [5, 5.41) is 18.8. The van der Waals surface area contributed by atoms with Crippen molar-refractivity contribution in [3.05, 3.63) is 54.2 Å². The molecule has 3 rings (SSSR count). The van der Waals surface area contributed by atoms with E-state index >= 15 is 0 Å². The monoisotopic (exact) mass is 567 g/mol. The number of hydrogen-bond donors (Lipinski definition) is 7. The zero-order valence-electron chi connectivity index (χ0n) is 23.9. The first kappa shape index (κ1) is 31.3. The summed E-state index contributed by atoms with van der Waals surface area (Å²) in [6.07, 6.45) is 6.14. The lowest BCUT2D eigenvalue weighted by molar-refractivity contribution is -0.142. The molecular formula is C29H41N7O5. The lowest BCUT2D eigenvalue weighted by atomic mass is 9.94. The van der Waals surface area contributed by atoms with Crippen molar-refractivity contribution in [3.8, 4) is 0 Å². The van der Waals surface area contributed by atoms with Crippen molar-refractivity contribution in [1.82, 2.24) is 30.9 Å². The predicted octanol–water partition coefficient (Wildman–Crippen LogP) is 1.63. The quantitative estimate of drug-likeness (QED) is 0.145. The van der Waals surface area contributed by atoms with E-state index < -0.39 is 47.9 Å². The maximum Gasteiger partial charge on any atom is 0.326 e. The van der Waals surface area contributed by atoms with Crippen molar-refractivity contribution in [2.24, 2.45) is 17.6 Å². The van der Waals surface area contributed by atoms with Gasteiger partial charge in [0.2, 0.25) is 17.7 Å². The first-order valence-corrected chi connectivity index (χ1v) is 14.0. The van der Waals surface area contributed by atoms with Crippen LogP contribution < -0.4 is 21.7 Å².